The van der Waals surface area contributed by atoms with Gasteiger partial charge in [-0.15, -0.1) is 0 Å². The first kappa shape index (κ1) is 16.5. The molecule has 0 saturated heterocycles. The zero-order valence-electron chi connectivity index (χ0n) is 12.8. The van der Waals surface area contributed by atoms with E-state index in [1.807, 2.05) is 0 Å². The predicted molar refractivity (Wildman–Crippen MR) is 87.7 cm³/mol. The molecule has 6 heteroatoms. The smallest absolute Gasteiger partial charge is 0.283 e. The highest BCUT2D eigenvalue weighted by Crippen LogP contribution is 2.30. The van der Waals surface area contributed by atoms with Gasteiger partial charge in [-0.05, 0) is 47.0 Å². The zero-order valence-corrected chi connectivity index (χ0v) is 14.4. The van der Waals surface area contributed by atoms with Crippen LogP contribution in [0.5, 0.6) is 0 Å². The van der Waals surface area contributed by atoms with Gasteiger partial charge in [0, 0.05) is 26.3 Å². The van der Waals surface area contributed by atoms with E-state index in [1.165, 1.54) is 12.8 Å². The lowest BCUT2D eigenvalue weighted by Gasteiger charge is -2.11. The summed E-state index contributed by atoms with van der Waals surface area (Å²) in [6.45, 7) is 7.30. The van der Waals surface area contributed by atoms with Crippen molar-refractivity contribution in [3.63, 3.8) is 0 Å². The summed E-state index contributed by atoms with van der Waals surface area (Å²) >= 11 is 3.38. The summed E-state index contributed by atoms with van der Waals surface area (Å²) in [4.78, 5) is 12.2. The molecule has 1 aliphatic rings. The molecule has 1 aromatic heterocycles. The first-order chi connectivity index (χ1) is 10.1. The zero-order chi connectivity index (χ0) is 15.2. The number of nitrogens with one attached hydrogen (secondary N) is 1. The van der Waals surface area contributed by atoms with Gasteiger partial charge in [0.05, 0.1) is 11.9 Å². The molecule has 118 valence electrons. The topological polar surface area (TPSA) is 56.1 Å². The second-order valence-electron chi connectivity index (χ2n) is 6.05. The second-order valence-corrected chi connectivity index (χ2v) is 6.84. The van der Waals surface area contributed by atoms with Crippen molar-refractivity contribution < 1.29 is 4.74 Å². The molecule has 1 fully saturated rings. The maximum atomic E-state index is 12.2. The Balaban J connectivity index is 1.78. The Morgan fingerprint density at radius 1 is 1.52 bits per heavy atom. The summed E-state index contributed by atoms with van der Waals surface area (Å²) in [5.41, 5.74) is 0.707. The van der Waals surface area contributed by atoms with E-state index in [1.54, 1.807) is 10.9 Å². The van der Waals surface area contributed by atoms with Crippen LogP contribution < -0.4 is 10.9 Å². The molecule has 5 nitrogen and oxygen atoms in total. The SMILES string of the molecule is CC(C)COCCCNc1cnn(CC2CC2)c(=O)c1Br. The minimum absolute atomic E-state index is 0.0528. The van der Waals surface area contributed by atoms with Crippen LogP contribution in [0.3, 0.4) is 0 Å². The fourth-order valence-corrected chi connectivity index (χ4v) is 2.43. The van der Waals surface area contributed by atoms with E-state index in [4.69, 9.17) is 4.74 Å². The number of ether oxygens (including phenoxy) is 1. The summed E-state index contributed by atoms with van der Waals surface area (Å²) < 4.78 is 7.65. The molecule has 0 bridgehead atoms. The highest BCUT2D eigenvalue weighted by atomic mass is 79.9. The van der Waals surface area contributed by atoms with E-state index < -0.39 is 0 Å². The molecule has 0 unspecified atom stereocenters. The van der Waals surface area contributed by atoms with Crippen molar-refractivity contribution in [2.75, 3.05) is 25.1 Å². The van der Waals surface area contributed by atoms with Crippen LogP contribution in [-0.2, 0) is 11.3 Å². The molecule has 21 heavy (non-hydrogen) atoms. The Bertz CT molecular complexity index is 512. The van der Waals surface area contributed by atoms with Gasteiger partial charge in [0.2, 0.25) is 0 Å². The van der Waals surface area contributed by atoms with Gasteiger partial charge in [0.25, 0.3) is 5.56 Å². The number of hydrogen-bond donors (Lipinski definition) is 1. The van der Waals surface area contributed by atoms with E-state index in [0.717, 1.165) is 38.4 Å². The van der Waals surface area contributed by atoms with Gasteiger partial charge < -0.3 is 10.1 Å². The minimum atomic E-state index is -0.0528. The summed E-state index contributed by atoms with van der Waals surface area (Å²) in [7, 11) is 0. The van der Waals surface area contributed by atoms with Crippen LogP contribution in [0, 0.1) is 11.8 Å². The maximum absolute atomic E-state index is 12.2. The van der Waals surface area contributed by atoms with Crippen molar-refractivity contribution in [2.24, 2.45) is 11.8 Å². The van der Waals surface area contributed by atoms with Crippen molar-refractivity contribution in [2.45, 2.75) is 39.7 Å². The van der Waals surface area contributed by atoms with Crippen LogP contribution >= 0.6 is 15.9 Å². The fraction of sp³-hybridized carbons (Fsp3) is 0.733. The van der Waals surface area contributed by atoms with Gasteiger partial charge in [-0.2, -0.15) is 5.10 Å². The molecule has 0 amide bonds. The molecule has 1 heterocycles. The van der Waals surface area contributed by atoms with Crippen molar-refractivity contribution in [3.05, 3.63) is 21.0 Å². The average Bonchev–Trinajstić information content (AvgIpc) is 3.25. The number of nitrogens with zero attached hydrogens (tertiary/aromatic N) is 2. The molecule has 1 N–H and O–H groups in total. The number of anilines is 1. The Labute approximate surface area is 134 Å². The Hall–Kier alpha value is -0.880. The van der Waals surface area contributed by atoms with Gasteiger partial charge in [-0.3, -0.25) is 4.79 Å². The van der Waals surface area contributed by atoms with Crippen LogP contribution in [0.15, 0.2) is 15.5 Å². The average molecular weight is 358 g/mol. The fourth-order valence-electron chi connectivity index (χ4n) is 1.98. The highest BCUT2D eigenvalue weighted by Gasteiger charge is 2.23. The summed E-state index contributed by atoms with van der Waals surface area (Å²) in [6.07, 6.45) is 5.05. The van der Waals surface area contributed by atoms with Gasteiger partial charge in [-0.25, -0.2) is 4.68 Å². The summed E-state index contributed by atoms with van der Waals surface area (Å²) in [5, 5.41) is 7.47. The van der Waals surface area contributed by atoms with Gasteiger partial charge in [-0.1, -0.05) is 13.8 Å². The number of aromatic nitrogens is 2. The third-order valence-electron chi connectivity index (χ3n) is 3.35. The monoisotopic (exact) mass is 357 g/mol. The molecule has 1 aliphatic carbocycles. The summed E-state index contributed by atoms with van der Waals surface area (Å²) in [5.74, 6) is 1.20. The lowest BCUT2D eigenvalue weighted by atomic mass is 10.2. The molecule has 1 saturated carbocycles. The van der Waals surface area contributed by atoms with Crippen LogP contribution in [0.1, 0.15) is 33.1 Å². The van der Waals surface area contributed by atoms with Crippen molar-refractivity contribution in [1.29, 1.82) is 0 Å². The Morgan fingerprint density at radius 2 is 2.29 bits per heavy atom. The van der Waals surface area contributed by atoms with Crippen LogP contribution in [-0.4, -0.2) is 29.5 Å². The standard InChI is InChI=1S/C15H24BrN3O2/c1-11(2)10-21-7-3-6-17-13-8-18-19(9-12-4-5-12)15(20)14(13)16/h8,11-12,17H,3-7,9-10H2,1-2H3. The maximum Gasteiger partial charge on any atom is 0.283 e. The first-order valence-corrected chi connectivity index (χ1v) is 8.44. The summed E-state index contributed by atoms with van der Waals surface area (Å²) in [6, 6.07) is 0. The molecule has 2 rings (SSSR count). The quantitative estimate of drug-likeness (QED) is 0.690. The molecule has 0 aliphatic heterocycles. The Kier molecular flexibility index (Phi) is 6.23. The molecule has 0 radical (unpaired) electrons. The number of halogens is 1. The van der Waals surface area contributed by atoms with Crippen molar-refractivity contribution >= 4 is 21.6 Å². The van der Waals surface area contributed by atoms with Crippen molar-refractivity contribution in [3.8, 4) is 0 Å². The minimum Gasteiger partial charge on any atom is -0.383 e. The van der Waals surface area contributed by atoms with E-state index in [-0.39, 0.29) is 5.56 Å². The van der Waals surface area contributed by atoms with E-state index >= 15 is 0 Å². The van der Waals surface area contributed by atoms with Gasteiger partial charge >= 0.3 is 0 Å². The second kappa shape index (κ2) is 7.94. The molecule has 0 atom stereocenters. The molecule has 1 aromatic rings. The predicted octanol–water partition coefficient (Wildman–Crippen LogP) is 2.89. The van der Waals surface area contributed by atoms with E-state index in [9.17, 15) is 4.79 Å². The third kappa shape index (κ3) is 5.43. The molecular weight excluding hydrogens is 334 g/mol. The molecule has 0 aromatic carbocycles. The first-order valence-electron chi connectivity index (χ1n) is 7.65. The normalized spacial score (nSPS) is 14.7. The third-order valence-corrected chi connectivity index (χ3v) is 4.11. The highest BCUT2D eigenvalue weighted by molar-refractivity contribution is 9.10. The number of rotatable bonds is 9. The van der Waals surface area contributed by atoms with Gasteiger partial charge in [0.1, 0.15) is 4.47 Å². The van der Waals surface area contributed by atoms with Crippen LogP contribution in [0.2, 0.25) is 0 Å². The molecule has 0 spiro atoms. The largest absolute Gasteiger partial charge is 0.383 e. The molecular formula is C15H24BrN3O2. The van der Waals surface area contributed by atoms with Gasteiger partial charge in [0.15, 0.2) is 0 Å². The van der Waals surface area contributed by atoms with E-state index in [0.29, 0.717) is 16.3 Å². The van der Waals surface area contributed by atoms with Crippen LogP contribution in [0.25, 0.3) is 0 Å². The lowest BCUT2D eigenvalue weighted by Crippen LogP contribution is -2.25. The van der Waals surface area contributed by atoms with Crippen molar-refractivity contribution in [1.82, 2.24) is 9.78 Å². The van der Waals surface area contributed by atoms with Crippen LogP contribution in [0.4, 0.5) is 5.69 Å². The Morgan fingerprint density at radius 3 is 2.95 bits per heavy atom. The van der Waals surface area contributed by atoms with E-state index in [2.05, 4.69) is 40.2 Å². The number of hydrogen-bond acceptors (Lipinski definition) is 4. The lowest BCUT2D eigenvalue weighted by molar-refractivity contribution is 0.110.